The first-order valence-electron chi connectivity index (χ1n) is 5.13. The molecule has 0 aromatic carbocycles. The van der Waals surface area contributed by atoms with Crippen LogP contribution in [-0.2, 0) is 4.74 Å². The number of nitrogens with one attached hydrogen (secondary N) is 1. The standard InChI is InChI=1S/C10H19FN2O2/c1-10(2,3)15-9(14)13-5-7(11)8(6-13)12-4/h7-8,12H,5-6H2,1-4H3/t7-,8?/m1/s1. The molecule has 0 saturated carbocycles. The van der Waals surface area contributed by atoms with Gasteiger partial charge < -0.3 is 15.0 Å². The maximum Gasteiger partial charge on any atom is 0.410 e. The average molecular weight is 218 g/mol. The Morgan fingerprint density at radius 2 is 2.07 bits per heavy atom. The molecular formula is C10H19FN2O2. The molecule has 1 aliphatic rings. The summed E-state index contributed by atoms with van der Waals surface area (Å²) in [4.78, 5) is 13.0. The summed E-state index contributed by atoms with van der Waals surface area (Å²) in [5, 5.41) is 2.84. The molecule has 15 heavy (non-hydrogen) atoms. The maximum absolute atomic E-state index is 13.3. The fourth-order valence-corrected chi connectivity index (χ4v) is 1.51. The summed E-state index contributed by atoms with van der Waals surface area (Å²) >= 11 is 0. The molecule has 1 amide bonds. The van der Waals surface area contributed by atoms with Crippen molar-refractivity contribution < 1.29 is 13.9 Å². The van der Waals surface area contributed by atoms with Crippen LogP contribution in [0.4, 0.5) is 9.18 Å². The van der Waals surface area contributed by atoms with Gasteiger partial charge in [0, 0.05) is 6.54 Å². The van der Waals surface area contributed by atoms with Gasteiger partial charge in [-0.3, -0.25) is 0 Å². The highest BCUT2D eigenvalue weighted by molar-refractivity contribution is 5.68. The molecule has 1 aliphatic heterocycles. The largest absolute Gasteiger partial charge is 0.444 e. The molecule has 2 atom stereocenters. The molecule has 0 spiro atoms. The zero-order valence-electron chi connectivity index (χ0n) is 9.71. The molecule has 0 aromatic heterocycles. The molecule has 1 fully saturated rings. The highest BCUT2D eigenvalue weighted by Crippen LogP contribution is 2.17. The summed E-state index contributed by atoms with van der Waals surface area (Å²) in [6.45, 7) is 5.86. The number of hydrogen-bond acceptors (Lipinski definition) is 3. The summed E-state index contributed by atoms with van der Waals surface area (Å²) in [6, 6.07) is -0.280. The van der Waals surface area contributed by atoms with Crippen LogP contribution in [0.5, 0.6) is 0 Å². The van der Waals surface area contributed by atoms with E-state index >= 15 is 0 Å². The zero-order chi connectivity index (χ0) is 11.6. The first kappa shape index (κ1) is 12.2. The monoisotopic (exact) mass is 218 g/mol. The minimum Gasteiger partial charge on any atom is -0.444 e. The van der Waals surface area contributed by atoms with E-state index in [1.807, 2.05) is 0 Å². The van der Waals surface area contributed by atoms with Gasteiger partial charge in [0.05, 0.1) is 12.6 Å². The van der Waals surface area contributed by atoms with Crippen molar-refractivity contribution in [1.29, 1.82) is 0 Å². The van der Waals surface area contributed by atoms with Crippen LogP contribution >= 0.6 is 0 Å². The van der Waals surface area contributed by atoms with E-state index in [2.05, 4.69) is 5.32 Å². The topological polar surface area (TPSA) is 41.6 Å². The van der Waals surface area contributed by atoms with Crippen molar-refractivity contribution >= 4 is 6.09 Å². The van der Waals surface area contributed by atoms with Crippen LogP contribution in [-0.4, -0.2) is 48.9 Å². The number of likely N-dealkylation sites (tertiary alicyclic amines) is 1. The van der Waals surface area contributed by atoms with Crippen LogP contribution in [0, 0.1) is 0 Å². The van der Waals surface area contributed by atoms with E-state index in [1.165, 1.54) is 4.90 Å². The lowest BCUT2D eigenvalue weighted by molar-refractivity contribution is 0.0282. The summed E-state index contributed by atoms with van der Waals surface area (Å²) < 4.78 is 18.5. The van der Waals surface area contributed by atoms with Crippen LogP contribution in [0.15, 0.2) is 0 Å². The van der Waals surface area contributed by atoms with E-state index in [1.54, 1.807) is 27.8 Å². The number of nitrogens with zero attached hydrogens (tertiary/aromatic N) is 1. The normalized spacial score (nSPS) is 26.9. The highest BCUT2D eigenvalue weighted by atomic mass is 19.1. The van der Waals surface area contributed by atoms with Gasteiger partial charge in [0.2, 0.25) is 0 Å². The summed E-state index contributed by atoms with van der Waals surface area (Å²) in [5.41, 5.74) is -0.527. The third-order valence-corrected chi connectivity index (χ3v) is 2.27. The third kappa shape index (κ3) is 3.34. The SMILES string of the molecule is CNC1CN(C(=O)OC(C)(C)C)C[C@H]1F. The fraction of sp³-hybridized carbons (Fsp3) is 0.900. The number of rotatable bonds is 1. The second kappa shape index (κ2) is 4.35. The molecule has 88 valence electrons. The molecule has 5 heteroatoms. The van der Waals surface area contributed by atoms with Crippen molar-refractivity contribution in [3.63, 3.8) is 0 Å². The Labute approximate surface area is 89.8 Å². The molecular weight excluding hydrogens is 199 g/mol. The van der Waals surface area contributed by atoms with E-state index in [9.17, 15) is 9.18 Å². The number of halogens is 1. The quantitative estimate of drug-likeness (QED) is 0.718. The second-order valence-corrected chi connectivity index (χ2v) is 4.80. The molecule has 1 rings (SSSR count). The summed E-state index contributed by atoms with van der Waals surface area (Å²) in [6.07, 6.45) is -1.45. The van der Waals surface area contributed by atoms with Gasteiger partial charge in [-0.15, -0.1) is 0 Å². The highest BCUT2D eigenvalue weighted by Gasteiger charge is 2.36. The molecule has 1 saturated heterocycles. The Bertz CT molecular complexity index is 240. The van der Waals surface area contributed by atoms with Crippen LogP contribution in [0.1, 0.15) is 20.8 Å². The van der Waals surface area contributed by atoms with Crippen LogP contribution in [0.25, 0.3) is 0 Å². The Balaban J connectivity index is 2.50. The van der Waals surface area contributed by atoms with E-state index in [4.69, 9.17) is 4.74 Å². The van der Waals surface area contributed by atoms with Crippen LogP contribution < -0.4 is 5.32 Å². The van der Waals surface area contributed by atoms with Gasteiger partial charge in [-0.05, 0) is 27.8 Å². The Morgan fingerprint density at radius 3 is 2.47 bits per heavy atom. The predicted molar refractivity (Wildman–Crippen MR) is 55.6 cm³/mol. The van der Waals surface area contributed by atoms with Crippen LogP contribution in [0.2, 0.25) is 0 Å². The lowest BCUT2D eigenvalue weighted by atomic mass is 10.2. The number of hydrogen-bond donors (Lipinski definition) is 1. The van der Waals surface area contributed by atoms with Crippen molar-refractivity contribution in [2.45, 2.75) is 38.6 Å². The molecule has 0 aromatic rings. The van der Waals surface area contributed by atoms with Gasteiger partial charge in [-0.25, -0.2) is 9.18 Å². The lowest BCUT2D eigenvalue weighted by Gasteiger charge is -2.24. The predicted octanol–water partition coefficient (Wildman–Crippen LogP) is 1.16. The van der Waals surface area contributed by atoms with Crippen molar-refractivity contribution in [3.8, 4) is 0 Å². The molecule has 1 N–H and O–H groups in total. The Hall–Kier alpha value is -0.840. The van der Waals surface area contributed by atoms with Crippen molar-refractivity contribution in [3.05, 3.63) is 0 Å². The van der Waals surface area contributed by atoms with E-state index < -0.39 is 17.9 Å². The van der Waals surface area contributed by atoms with Crippen molar-refractivity contribution in [1.82, 2.24) is 10.2 Å². The number of alkyl halides is 1. The van der Waals surface area contributed by atoms with E-state index in [0.717, 1.165) is 0 Å². The third-order valence-electron chi connectivity index (χ3n) is 2.27. The molecule has 0 bridgehead atoms. The molecule has 0 radical (unpaired) electrons. The minimum atomic E-state index is -1.01. The Kier molecular flexibility index (Phi) is 3.54. The van der Waals surface area contributed by atoms with Gasteiger partial charge in [0.15, 0.2) is 0 Å². The minimum absolute atomic E-state index is 0.112. The first-order chi connectivity index (χ1) is 6.83. The lowest BCUT2D eigenvalue weighted by Crippen LogP contribution is -2.37. The summed E-state index contributed by atoms with van der Waals surface area (Å²) in [7, 11) is 1.69. The number of carbonyl (C=O) groups is 1. The van der Waals surface area contributed by atoms with Gasteiger partial charge in [-0.2, -0.15) is 0 Å². The number of ether oxygens (including phenoxy) is 1. The molecule has 4 nitrogen and oxygen atoms in total. The van der Waals surface area contributed by atoms with Gasteiger partial charge >= 0.3 is 6.09 Å². The van der Waals surface area contributed by atoms with E-state index in [-0.39, 0.29) is 12.6 Å². The number of amides is 1. The maximum atomic E-state index is 13.3. The molecule has 1 unspecified atom stereocenters. The fourth-order valence-electron chi connectivity index (χ4n) is 1.51. The van der Waals surface area contributed by atoms with E-state index in [0.29, 0.717) is 6.54 Å². The number of likely N-dealkylation sites (N-methyl/N-ethyl adjacent to an activating group) is 1. The van der Waals surface area contributed by atoms with Crippen molar-refractivity contribution in [2.24, 2.45) is 0 Å². The second-order valence-electron chi connectivity index (χ2n) is 4.80. The first-order valence-corrected chi connectivity index (χ1v) is 5.13. The zero-order valence-corrected chi connectivity index (χ0v) is 9.71. The van der Waals surface area contributed by atoms with Crippen molar-refractivity contribution in [2.75, 3.05) is 20.1 Å². The van der Waals surface area contributed by atoms with Gasteiger partial charge in [0.25, 0.3) is 0 Å². The molecule has 1 heterocycles. The number of carbonyl (C=O) groups excluding carboxylic acids is 1. The Morgan fingerprint density at radius 1 is 1.47 bits per heavy atom. The smallest absolute Gasteiger partial charge is 0.410 e. The van der Waals surface area contributed by atoms with Gasteiger partial charge in [-0.1, -0.05) is 0 Å². The van der Waals surface area contributed by atoms with Gasteiger partial charge in [0.1, 0.15) is 11.8 Å². The average Bonchev–Trinajstić information content (AvgIpc) is 2.43. The van der Waals surface area contributed by atoms with Crippen LogP contribution in [0.3, 0.4) is 0 Å². The molecule has 0 aliphatic carbocycles. The summed E-state index contributed by atoms with van der Waals surface area (Å²) in [5.74, 6) is 0.